The highest BCUT2D eigenvalue weighted by Gasteiger charge is 2.14. The van der Waals surface area contributed by atoms with Gasteiger partial charge in [0.25, 0.3) is 5.89 Å². The average molecular weight is 282 g/mol. The second kappa shape index (κ2) is 5.62. The summed E-state index contributed by atoms with van der Waals surface area (Å²) in [4.78, 5) is 16.0. The molecule has 2 aromatic heterocycles. The molecule has 3 rings (SSSR count). The topological polar surface area (TPSA) is 73.0 Å². The van der Waals surface area contributed by atoms with Gasteiger partial charge in [-0.1, -0.05) is 30.3 Å². The molecule has 1 aromatic carbocycles. The van der Waals surface area contributed by atoms with E-state index in [1.54, 1.807) is 30.2 Å². The van der Waals surface area contributed by atoms with E-state index in [2.05, 4.69) is 15.4 Å². The predicted octanol–water partition coefficient (Wildman–Crippen LogP) is 2.25. The van der Waals surface area contributed by atoms with Gasteiger partial charge in [-0.2, -0.15) is 5.10 Å². The molecule has 0 bridgehead atoms. The lowest BCUT2D eigenvalue weighted by Crippen LogP contribution is -2.12. The monoisotopic (exact) mass is 282 g/mol. The van der Waals surface area contributed by atoms with Gasteiger partial charge in [-0.3, -0.25) is 9.48 Å². The number of aromatic nitrogens is 3. The first-order valence-electron chi connectivity index (χ1n) is 6.50. The maximum absolute atomic E-state index is 12.0. The number of hydrogen-bond acceptors (Lipinski definition) is 4. The van der Waals surface area contributed by atoms with Gasteiger partial charge in [-0.15, -0.1) is 0 Å². The molecule has 1 N–H and O–H groups in total. The smallest absolute Gasteiger partial charge is 0.312 e. The zero-order chi connectivity index (χ0) is 14.7. The molecule has 6 heteroatoms. The predicted molar refractivity (Wildman–Crippen MR) is 76.9 cm³/mol. The Hall–Kier alpha value is -2.89. The van der Waals surface area contributed by atoms with Crippen LogP contribution >= 0.6 is 0 Å². The largest absolute Gasteiger partial charge is 0.437 e. The van der Waals surface area contributed by atoms with Crippen molar-refractivity contribution < 1.29 is 9.21 Å². The molecule has 0 saturated heterocycles. The van der Waals surface area contributed by atoms with E-state index in [1.807, 2.05) is 30.3 Å². The Balaban J connectivity index is 1.68. The third kappa shape index (κ3) is 3.17. The molecule has 0 saturated carbocycles. The van der Waals surface area contributed by atoms with Crippen molar-refractivity contribution in [1.82, 2.24) is 14.8 Å². The Morgan fingerprint density at radius 3 is 2.81 bits per heavy atom. The molecule has 0 aliphatic carbocycles. The fraction of sp³-hybridized carbons (Fsp3) is 0.133. The molecule has 0 unspecified atom stereocenters. The SMILES string of the molecule is Cn1ccc(NC(=O)c2ncc(Cc3ccccc3)o2)n1. The summed E-state index contributed by atoms with van der Waals surface area (Å²) in [5.74, 6) is 0.734. The molecule has 0 aliphatic heterocycles. The number of carbonyl (C=O) groups is 1. The van der Waals surface area contributed by atoms with E-state index in [-0.39, 0.29) is 5.89 Å². The lowest BCUT2D eigenvalue weighted by molar-refractivity contribution is 0.0988. The second-order valence-electron chi connectivity index (χ2n) is 4.62. The molecule has 0 radical (unpaired) electrons. The van der Waals surface area contributed by atoms with Crippen LogP contribution in [0.15, 0.2) is 53.2 Å². The van der Waals surface area contributed by atoms with Gasteiger partial charge >= 0.3 is 5.91 Å². The highest BCUT2D eigenvalue weighted by molar-refractivity contribution is 6.00. The fourth-order valence-electron chi connectivity index (χ4n) is 1.94. The number of oxazole rings is 1. The molecule has 0 atom stereocenters. The number of nitrogens with one attached hydrogen (secondary N) is 1. The van der Waals surface area contributed by atoms with E-state index in [0.717, 1.165) is 5.56 Å². The zero-order valence-corrected chi connectivity index (χ0v) is 11.5. The molecule has 1 amide bonds. The Morgan fingerprint density at radius 2 is 2.10 bits per heavy atom. The lowest BCUT2D eigenvalue weighted by Gasteiger charge is -1.98. The number of carbonyl (C=O) groups excluding carboxylic acids is 1. The van der Waals surface area contributed by atoms with Gasteiger partial charge in [0.05, 0.1) is 6.20 Å². The minimum absolute atomic E-state index is 0.0339. The van der Waals surface area contributed by atoms with Crippen LogP contribution in [0, 0.1) is 0 Å². The Labute approximate surface area is 121 Å². The summed E-state index contributed by atoms with van der Waals surface area (Å²) < 4.78 is 7.07. The third-order valence-electron chi connectivity index (χ3n) is 2.92. The van der Waals surface area contributed by atoms with Crippen molar-refractivity contribution in [2.45, 2.75) is 6.42 Å². The van der Waals surface area contributed by atoms with Gasteiger partial charge < -0.3 is 9.73 Å². The first-order chi connectivity index (χ1) is 10.2. The number of nitrogens with zero attached hydrogens (tertiary/aromatic N) is 3. The van der Waals surface area contributed by atoms with Crippen LogP contribution in [0.25, 0.3) is 0 Å². The van der Waals surface area contributed by atoms with Crippen molar-refractivity contribution in [3.05, 3.63) is 66.0 Å². The minimum Gasteiger partial charge on any atom is -0.437 e. The quantitative estimate of drug-likeness (QED) is 0.796. The first-order valence-corrected chi connectivity index (χ1v) is 6.50. The van der Waals surface area contributed by atoms with Crippen LogP contribution in [0.5, 0.6) is 0 Å². The number of hydrogen-bond donors (Lipinski definition) is 1. The average Bonchev–Trinajstić information content (AvgIpc) is 3.09. The van der Waals surface area contributed by atoms with Crippen molar-refractivity contribution in [2.24, 2.45) is 7.05 Å². The van der Waals surface area contributed by atoms with Crippen molar-refractivity contribution in [3.8, 4) is 0 Å². The van der Waals surface area contributed by atoms with Gasteiger partial charge in [0.15, 0.2) is 5.82 Å². The summed E-state index contributed by atoms with van der Waals surface area (Å²) >= 11 is 0. The van der Waals surface area contributed by atoms with Gasteiger partial charge in [0.2, 0.25) is 0 Å². The molecule has 0 aliphatic rings. The van der Waals surface area contributed by atoms with Crippen LogP contribution in [0.3, 0.4) is 0 Å². The summed E-state index contributed by atoms with van der Waals surface area (Å²) in [7, 11) is 1.78. The third-order valence-corrected chi connectivity index (χ3v) is 2.92. The molecular weight excluding hydrogens is 268 g/mol. The Bertz CT molecular complexity index is 746. The normalized spacial score (nSPS) is 10.5. The van der Waals surface area contributed by atoms with E-state index in [9.17, 15) is 4.79 Å². The molecule has 3 aromatic rings. The van der Waals surface area contributed by atoms with Gasteiger partial charge in [0.1, 0.15) is 5.76 Å². The molecule has 2 heterocycles. The molecule has 0 fully saturated rings. The highest BCUT2D eigenvalue weighted by atomic mass is 16.4. The summed E-state index contributed by atoms with van der Waals surface area (Å²) in [6.45, 7) is 0. The van der Waals surface area contributed by atoms with Crippen LogP contribution in [0.4, 0.5) is 5.82 Å². The molecular formula is C15H14N4O2. The van der Waals surface area contributed by atoms with E-state index >= 15 is 0 Å². The standard InChI is InChI=1S/C15H14N4O2/c1-19-8-7-13(18-19)17-14(20)15-16-10-12(21-15)9-11-5-3-2-4-6-11/h2-8,10H,9H2,1H3,(H,17,18,20). The van der Waals surface area contributed by atoms with Gasteiger partial charge in [-0.25, -0.2) is 4.98 Å². The number of amides is 1. The van der Waals surface area contributed by atoms with Crippen molar-refractivity contribution in [1.29, 1.82) is 0 Å². The van der Waals surface area contributed by atoms with Crippen molar-refractivity contribution in [2.75, 3.05) is 5.32 Å². The maximum Gasteiger partial charge on any atom is 0.312 e. The Kier molecular flexibility index (Phi) is 3.51. The van der Waals surface area contributed by atoms with Gasteiger partial charge in [-0.05, 0) is 5.56 Å². The van der Waals surface area contributed by atoms with Crippen LogP contribution in [0.1, 0.15) is 22.0 Å². The summed E-state index contributed by atoms with van der Waals surface area (Å²) in [5.41, 5.74) is 1.10. The van der Waals surface area contributed by atoms with E-state index in [1.165, 1.54) is 0 Å². The Morgan fingerprint density at radius 1 is 1.29 bits per heavy atom. The van der Waals surface area contributed by atoms with Crippen molar-refractivity contribution >= 4 is 11.7 Å². The summed E-state index contributed by atoms with van der Waals surface area (Å²) in [6.07, 6.45) is 3.91. The van der Waals surface area contributed by atoms with Crippen LogP contribution in [-0.4, -0.2) is 20.7 Å². The van der Waals surface area contributed by atoms with Crippen LogP contribution in [0.2, 0.25) is 0 Å². The first kappa shape index (κ1) is 13.1. The summed E-state index contributed by atoms with van der Waals surface area (Å²) in [6, 6.07) is 11.6. The van der Waals surface area contributed by atoms with Crippen molar-refractivity contribution in [3.63, 3.8) is 0 Å². The van der Waals surface area contributed by atoms with Crippen LogP contribution in [-0.2, 0) is 13.5 Å². The number of benzene rings is 1. The molecule has 106 valence electrons. The zero-order valence-electron chi connectivity index (χ0n) is 11.5. The highest BCUT2D eigenvalue weighted by Crippen LogP contribution is 2.12. The summed E-state index contributed by atoms with van der Waals surface area (Å²) in [5, 5.41) is 6.70. The lowest BCUT2D eigenvalue weighted by atomic mass is 10.1. The molecule has 0 spiro atoms. The maximum atomic E-state index is 12.0. The number of aryl methyl sites for hydroxylation is 1. The number of anilines is 1. The molecule has 21 heavy (non-hydrogen) atoms. The van der Waals surface area contributed by atoms with E-state index in [4.69, 9.17) is 4.42 Å². The number of rotatable bonds is 4. The van der Waals surface area contributed by atoms with Gasteiger partial charge in [0, 0.05) is 25.7 Å². The van der Waals surface area contributed by atoms with E-state index in [0.29, 0.717) is 18.0 Å². The fourth-order valence-corrected chi connectivity index (χ4v) is 1.94. The van der Waals surface area contributed by atoms with Crippen LogP contribution < -0.4 is 5.32 Å². The van der Waals surface area contributed by atoms with E-state index < -0.39 is 5.91 Å². The molecule has 6 nitrogen and oxygen atoms in total. The second-order valence-corrected chi connectivity index (χ2v) is 4.62. The minimum atomic E-state index is -0.409.